The van der Waals surface area contributed by atoms with E-state index in [-0.39, 0.29) is 17.2 Å². The van der Waals surface area contributed by atoms with E-state index in [1.54, 1.807) is 25.1 Å². The molecular weight excluding hydrogens is 300 g/mol. The van der Waals surface area contributed by atoms with Gasteiger partial charge in [-0.3, -0.25) is 4.79 Å². The maximum atomic E-state index is 12.0. The van der Waals surface area contributed by atoms with Crippen molar-refractivity contribution in [2.75, 3.05) is 7.11 Å². The molecule has 0 aliphatic heterocycles. The van der Waals surface area contributed by atoms with Gasteiger partial charge in [0.25, 0.3) is 0 Å². The van der Waals surface area contributed by atoms with E-state index in [1.807, 2.05) is 0 Å². The quantitative estimate of drug-likeness (QED) is 0.786. The first kappa shape index (κ1) is 15.8. The van der Waals surface area contributed by atoms with Crippen LogP contribution in [0.4, 0.5) is 0 Å². The fraction of sp³-hybridized carbons (Fsp3) is 0.529. The van der Waals surface area contributed by atoms with Crippen LogP contribution < -0.4 is 4.74 Å². The number of rotatable bonds is 3. The van der Waals surface area contributed by atoms with Crippen LogP contribution in [0.3, 0.4) is 0 Å². The zero-order valence-corrected chi connectivity index (χ0v) is 13.1. The second-order valence-corrected chi connectivity index (χ2v) is 6.70. The highest BCUT2D eigenvalue weighted by Gasteiger charge is 2.66. The SMILES string of the molecule is COc1cccc2c1C(O)(C(=O)O)C1C2CCCC1(C)C(=O)O. The molecule has 0 spiro atoms. The summed E-state index contributed by atoms with van der Waals surface area (Å²) in [4.78, 5) is 23.9. The Kier molecular flexibility index (Phi) is 3.41. The van der Waals surface area contributed by atoms with Crippen LogP contribution in [-0.4, -0.2) is 34.4 Å². The highest BCUT2D eigenvalue weighted by molar-refractivity contribution is 5.86. The third kappa shape index (κ3) is 1.84. The lowest BCUT2D eigenvalue weighted by Crippen LogP contribution is -2.53. The van der Waals surface area contributed by atoms with E-state index in [1.165, 1.54) is 7.11 Å². The smallest absolute Gasteiger partial charge is 0.340 e. The molecule has 0 aromatic heterocycles. The first-order valence-corrected chi connectivity index (χ1v) is 7.65. The minimum absolute atomic E-state index is 0.208. The second kappa shape index (κ2) is 4.96. The van der Waals surface area contributed by atoms with Crippen molar-refractivity contribution in [2.24, 2.45) is 11.3 Å². The number of carboxylic acids is 2. The van der Waals surface area contributed by atoms with Gasteiger partial charge in [0.2, 0.25) is 0 Å². The molecule has 3 N–H and O–H groups in total. The van der Waals surface area contributed by atoms with Gasteiger partial charge >= 0.3 is 11.9 Å². The van der Waals surface area contributed by atoms with Crippen molar-refractivity contribution in [1.82, 2.24) is 0 Å². The largest absolute Gasteiger partial charge is 0.496 e. The van der Waals surface area contributed by atoms with Crippen LogP contribution >= 0.6 is 0 Å². The molecule has 3 rings (SSSR count). The molecular formula is C17H20O6. The summed E-state index contributed by atoms with van der Waals surface area (Å²) in [5.74, 6) is -3.44. The normalized spacial score (nSPS) is 35.3. The molecule has 0 bridgehead atoms. The monoisotopic (exact) mass is 320 g/mol. The average Bonchev–Trinajstić information content (AvgIpc) is 2.79. The second-order valence-electron chi connectivity index (χ2n) is 6.70. The predicted octanol–water partition coefficient (Wildman–Crippen LogP) is 1.96. The third-order valence-corrected chi connectivity index (χ3v) is 5.62. The van der Waals surface area contributed by atoms with Crippen LogP contribution in [0.1, 0.15) is 43.2 Å². The minimum atomic E-state index is -2.26. The van der Waals surface area contributed by atoms with Crippen LogP contribution in [0.2, 0.25) is 0 Å². The van der Waals surface area contributed by atoms with Gasteiger partial charge in [-0.25, -0.2) is 4.79 Å². The summed E-state index contributed by atoms with van der Waals surface area (Å²) in [6, 6.07) is 5.11. The Morgan fingerprint density at radius 1 is 1.26 bits per heavy atom. The van der Waals surface area contributed by atoms with Gasteiger partial charge < -0.3 is 20.1 Å². The molecule has 1 fully saturated rings. The fourth-order valence-corrected chi connectivity index (χ4v) is 4.61. The maximum Gasteiger partial charge on any atom is 0.340 e. The number of carboxylic acid groups (broad SMARTS) is 2. The van der Waals surface area contributed by atoms with E-state index < -0.39 is 28.9 Å². The molecule has 2 aliphatic carbocycles. The standard InChI is InChI=1S/C17H20O6/c1-16(14(18)19)8-4-6-10-9-5-3-7-11(23-2)12(9)17(22,13(10)16)15(20)21/h3,5,7,10,13,22H,4,6,8H2,1-2H3,(H,18,19)(H,20,21). The number of benzene rings is 1. The Hall–Kier alpha value is -2.08. The summed E-state index contributed by atoms with van der Waals surface area (Å²) in [6.45, 7) is 1.54. The van der Waals surface area contributed by atoms with Crippen LogP contribution in [0.5, 0.6) is 5.75 Å². The predicted molar refractivity (Wildman–Crippen MR) is 80.4 cm³/mol. The van der Waals surface area contributed by atoms with Crippen molar-refractivity contribution in [2.45, 2.75) is 37.7 Å². The van der Waals surface area contributed by atoms with E-state index in [2.05, 4.69) is 0 Å². The number of methoxy groups -OCH3 is 1. The molecule has 6 nitrogen and oxygen atoms in total. The Bertz CT molecular complexity index is 684. The fourth-order valence-electron chi connectivity index (χ4n) is 4.61. The van der Waals surface area contributed by atoms with Gasteiger partial charge in [-0.1, -0.05) is 18.6 Å². The molecule has 1 aromatic rings. The van der Waals surface area contributed by atoms with Gasteiger partial charge in [0.15, 0.2) is 5.60 Å². The molecule has 0 amide bonds. The van der Waals surface area contributed by atoms with Gasteiger partial charge in [-0.05, 0) is 37.3 Å². The van der Waals surface area contributed by atoms with Crippen molar-refractivity contribution in [3.8, 4) is 5.75 Å². The molecule has 1 saturated carbocycles. The third-order valence-electron chi connectivity index (χ3n) is 5.62. The number of aliphatic hydroxyl groups is 1. The molecule has 0 saturated heterocycles. The molecule has 124 valence electrons. The van der Waals surface area contributed by atoms with Gasteiger partial charge in [-0.15, -0.1) is 0 Å². The Morgan fingerprint density at radius 2 is 1.96 bits per heavy atom. The highest BCUT2D eigenvalue weighted by atomic mass is 16.5. The van der Waals surface area contributed by atoms with Crippen LogP contribution in [0, 0.1) is 11.3 Å². The lowest BCUT2D eigenvalue weighted by Gasteiger charge is -2.44. The lowest BCUT2D eigenvalue weighted by molar-refractivity contribution is -0.184. The number of aliphatic carboxylic acids is 2. The van der Waals surface area contributed by atoms with Crippen molar-refractivity contribution in [3.05, 3.63) is 29.3 Å². The summed E-state index contributed by atoms with van der Waals surface area (Å²) >= 11 is 0. The first-order valence-electron chi connectivity index (χ1n) is 7.65. The van der Waals surface area contributed by atoms with Crippen molar-refractivity contribution < 1.29 is 29.6 Å². The topological polar surface area (TPSA) is 104 Å². The number of ether oxygens (including phenoxy) is 1. The van der Waals surface area contributed by atoms with E-state index in [0.29, 0.717) is 24.8 Å². The lowest BCUT2D eigenvalue weighted by atomic mass is 9.59. The Labute approximate surface area is 133 Å². The Morgan fingerprint density at radius 3 is 2.52 bits per heavy atom. The summed E-state index contributed by atoms with van der Waals surface area (Å²) in [7, 11) is 1.41. The average molecular weight is 320 g/mol. The Balaban J connectivity index is 2.31. The molecule has 1 aromatic carbocycles. The number of fused-ring (bicyclic) bond motifs is 3. The molecule has 2 aliphatic rings. The number of hydrogen-bond donors (Lipinski definition) is 3. The van der Waals surface area contributed by atoms with Gasteiger partial charge in [0.05, 0.1) is 12.5 Å². The molecule has 0 heterocycles. The van der Waals surface area contributed by atoms with E-state index in [9.17, 15) is 24.9 Å². The van der Waals surface area contributed by atoms with Gasteiger partial charge in [0, 0.05) is 11.5 Å². The zero-order chi connectivity index (χ0) is 17.0. The zero-order valence-electron chi connectivity index (χ0n) is 13.1. The van der Waals surface area contributed by atoms with E-state index in [4.69, 9.17) is 4.74 Å². The molecule has 6 heteroatoms. The van der Waals surface area contributed by atoms with Crippen molar-refractivity contribution in [3.63, 3.8) is 0 Å². The van der Waals surface area contributed by atoms with Crippen molar-refractivity contribution >= 4 is 11.9 Å². The molecule has 4 unspecified atom stereocenters. The van der Waals surface area contributed by atoms with Gasteiger partial charge in [0.1, 0.15) is 5.75 Å². The summed E-state index contributed by atoms with van der Waals surface area (Å²) in [6.07, 6.45) is 1.68. The minimum Gasteiger partial charge on any atom is -0.496 e. The van der Waals surface area contributed by atoms with Crippen molar-refractivity contribution in [1.29, 1.82) is 0 Å². The van der Waals surface area contributed by atoms with E-state index in [0.717, 1.165) is 0 Å². The number of hydrogen-bond acceptors (Lipinski definition) is 4. The number of carbonyl (C=O) groups is 2. The van der Waals surface area contributed by atoms with Crippen LogP contribution in [-0.2, 0) is 15.2 Å². The summed E-state index contributed by atoms with van der Waals surface area (Å²) < 4.78 is 5.27. The molecule has 0 radical (unpaired) electrons. The first-order chi connectivity index (χ1) is 10.8. The summed E-state index contributed by atoms with van der Waals surface area (Å²) in [5, 5.41) is 30.7. The van der Waals surface area contributed by atoms with E-state index >= 15 is 0 Å². The van der Waals surface area contributed by atoms with Crippen LogP contribution in [0.15, 0.2) is 18.2 Å². The molecule has 23 heavy (non-hydrogen) atoms. The highest BCUT2D eigenvalue weighted by Crippen LogP contribution is 2.63. The maximum absolute atomic E-state index is 12.0. The summed E-state index contributed by atoms with van der Waals surface area (Å²) in [5.41, 5.74) is -2.67. The van der Waals surface area contributed by atoms with Gasteiger partial charge in [-0.2, -0.15) is 0 Å². The van der Waals surface area contributed by atoms with Crippen LogP contribution in [0.25, 0.3) is 0 Å². The molecule has 4 atom stereocenters.